The van der Waals surface area contributed by atoms with E-state index in [0.29, 0.717) is 6.42 Å². The average Bonchev–Trinajstić information content (AvgIpc) is 2.48. The third kappa shape index (κ3) is 5.72. The van der Waals surface area contributed by atoms with E-state index in [1.165, 1.54) is 11.1 Å². The summed E-state index contributed by atoms with van der Waals surface area (Å²) in [6.07, 6.45) is 2.18. The highest BCUT2D eigenvalue weighted by molar-refractivity contribution is 9.10. The van der Waals surface area contributed by atoms with Crippen molar-refractivity contribution in [3.8, 4) is 0 Å². The second kappa shape index (κ2) is 7.99. The maximum absolute atomic E-state index is 12.0. The van der Waals surface area contributed by atoms with E-state index in [2.05, 4.69) is 45.5 Å². The first-order valence-corrected chi connectivity index (χ1v) is 8.00. The monoisotopic (exact) mass is 345 g/mol. The Balaban J connectivity index is 1.75. The number of hydrogen-bond acceptors (Lipinski definition) is 1. The molecule has 0 bridgehead atoms. The lowest BCUT2D eigenvalue weighted by Gasteiger charge is -2.14. The molecule has 2 aromatic carbocycles. The summed E-state index contributed by atoms with van der Waals surface area (Å²) in [6.45, 7) is 2.04. The highest BCUT2D eigenvalue weighted by Gasteiger charge is 2.08. The molecule has 2 nitrogen and oxygen atoms in total. The van der Waals surface area contributed by atoms with Crippen LogP contribution >= 0.6 is 15.9 Å². The normalized spacial score (nSPS) is 11.9. The van der Waals surface area contributed by atoms with Crippen LogP contribution in [-0.2, 0) is 17.6 Å². The molecule has 110 valence electrons. The molecule has 0 radical (unpaired) electrons. The molecule has 0 saturated heterocycles. The van der Waals surface area contributed by atoms with Crippen molar-refractivity contribution in [3.63, 3.8) is 0 Å². The van der Waals surface area contributed by atoms with E-state index in [-0.39, 0.29) is 11.9 Å². The molecular weight excluding hydrogens is 326 g/mol. The van der Waals surface area contributed by atoms with Crippen LogP contribution in [0.25, 0.3) is 0 Å². The van der Waals surface area contributed by atoms with Gasteiger partial charge in [-0.25, -0.2) is 0 Å². The Bertz CT molecular complexity index is 566. The minimum absolute atomic E-state index is 0.114. The Labute approximate surface area is 134 Å². The van der Waals surface area contributed by atoms with Crippen LogP contribution in [0.5, 0.6) is 0 Å². The summed E-state index contributed by atoms with van der Waals surface area (Å²) in [4.78, 5) is 12.0. The van der Waals surface area contributed by atoms with Gasteiger partial charge < -0.3 is 5.32 Å². The van der Waals surface area contributed by atoms with Crippen molar-refractivity contribution >= 4 is 21.8 Å². The zero-order valence-corrected chi connectivity index (χ0v) is 13.8. The lowest BCUT2D eigenvalue weighted by Crippen LogP contribution is -2.34. The van der Waals surface area contributed by atoms with Crippen LogP contribution in [0.15, 0.2) is 59.1 Å². The van der Waals surface area contributed by atoms with Crippen LogP contribution in [0.3, 0.4) is 0 Å². The quantitative estimate of drug-likeness (QED) is 0.837. The summed E-state index contributed by atoms with van der Waals surface area (Å²) in [7, 11) is 0. The second-order valence-electron chi connectivity index (χ2n) is 5.28. The smallest absolute Gasteiger partial charge is 0.220 e. The number of carbonyl (C=O) groups excluding carboxylic acids is 1. The molecule has 3 heteroatoms. The Morgan fingerprint density at radius 3 is 2.38 bits per heavy atom. The van der Waals surface area contributed by atoms with E-state index in [0.717, 1.165) is 17.3 Å². The maximum Gasteiger partial charge on any atom is 0.220 e. The van der Waals surface area contributed by atoms with Gasteiger partial charge in [-0.3, -0.25) is 4.79 Å². The van der Waals surface area contributed by atoms with E-state index in [1.54, 1.807) is 0 Å². The molecule has 1 amide bonds. The van der Waals surface area contributed by atoms with Gasteiger partial charge in [0, 0.05) is 16.9 Å². The van der Waals surface area contributed by atoms with Gasteiger partial charge in [0.1, 0.15) is 0 Å². The molecule has 0 aliphatic rings. The summed E-state index contributed by atoms with van der Waals surface area (Å²) in [5.41, 5.74) is 2.43. The van der Waals surface area contributed by atoms with Crippen LogP contribution in [0.2, 0.25) is 0 Å². The number of amides is 1. The summed E-state index contributed by atoms with van der Waals surface area (Å²) in [6, 6.07) is 18.5. The van der Waals surface area contributed by atoms with Gasteiger partial charge in [-0.05, 0) is 43.0 Å². The van der Waals surface area contributed by atoms with Crippen molar-refractivity contribution in [1.29, 1.82) is 0 Å². The average molecular weight is 346 g/mol. The molecule has 2 aromatic rings. The van der Waals surface area contributed by atoms with E-state index < -0.39 is 0 Å². The third-order valence-corrected chi connectivity index (χ3v) is 3.87. The highest BCUT2D eigenvalue weighted by atomic mass is 79.9. The molecule has 0 heterocycles. The van der Waals surface area contributed by atoms with Gasteiger partial charge in [-0.1, -0.05) is 58.4 Å². The number of halogens is 1. The largest absolute Gasteiger partial charge is 0.353 e. The summed E-state index contributed by atoms with van der Waals surface area (Å²) >= 11 is 3.42. The van der Waals surface area contributed by atoms with Crippen LogP contribution in [0.4, 0.5) is 0 Å². The number of hydrogen-bond donors (Lipinski definition) is 1. The van der Waals surface area contributed by atoms with Crippen LogP contribution < -0.4 is 5.32 Å². The Kier molecular flexibility index (Phi) is 6.00. The molecule has 1 atom stereocenters. The molecule has 0 saturated carbocycles. The molecule has 1 N–H and O–H groups in total. The molecule has 0 aliphatic heterocycles. The van der Waals surface area contributed by atoms with Crippen molar-refractivity contribution in [1.82, 2.24) is 5.32 Å². The van der Waals surface area contributed by atoms with Crippen molar-refractivity contribution in [2.45, 2.75) is 32.2 Å². The predicted molar refractivity (Wildman–Crippen MR) is 90.2 cm³/mol. The summed E-state index contributed by atoms with van der Waals surface area (Å²) in [5, 5.41) is 3.06. The standard InChI is InChI=1S/C18H20BrNO/c1-14(13-16-7-10-17(19)11-8-16)20-18(21)12-9-15-5-3-2-4-6-15/h2-8,10-11,14H,9,12-13H2,1H3,(H,20,21)/t14-/m1/s1. The topological polar surface area (TPSA) is 29.1 Å². The zero-order valence-electron chi connectivity index (χ0n) is 12.2. The molecular formula is C18H20BrNO. The molecule has 21 heavy (non-hydrogen) atoms. The highest BCUT2D eigenvalue weighted by Crippen LogP contribution is 2.12. The molecule has 0 unspecified atom stereocenters. The first-order valence-electron chi connectivity index (χ1n) is 7.21. The molecule has 0 aliphatic carbocycles. The minimum Gasteiger partial charge on any atom is -0.353 e. The van der Waals surface area contributed by atoms with Gasteiger partial charge in [0.05, 0.1) is 0 Å². The van der Waals surface area contributed by atoms with Crippen LogP contribution in [-0.4, -0.2) is 11.9 Å². The van der Waals surface area contributed by atoms with Crippen molar-refractivity contribution in [2.24, 2.45) is 0 Å². The van der Waals surface area contributed by atoms with Gasteiger partial charge in [-0.15, -0.1) is 0 Å². The number of benzene rings is 2. The predicted octanol–water partition coefficient (Wildman–Crippen LogP) is 4.13. The zero-order chi connectivity index (χ0) is 15.1. The maximum atomic E-state index is 12.0. The van der Waals surface area contributed by atoms with E-state index in [9.17, 15) is 4.79 Å². The fourth-order valence-electron chi connectivity index (χ4n) is 2.27. The van der Waals surface area contributed by atoms with E-state index >= 15 is 0 Å². The molecule has 0 aromatic heterocycles. The van der Waals surface area contributed by atoms with Gasteiger partial charge in [0.2, 0.25) is 5.91 Å². The number of nitrogens with one attached hydrogen (secondary N) is 1. The Morgan fingerprint density at radius 1 is 1.05 bits per heavy atom. The van der Waals surface area contributed by atoms with Crippen LogP contribution in [0.1, 0.15) is 24.5 Å². The third-order valence-electron chi connectivity index (χ3n) is 3.35. The SMILES string of the molecule is C[C@H](Cc1ccc(Br)cc1)NC(=O)CCc1ccccc1. The van der Waals surface area contributed by atoms with Crippen molar-refractivity contribution in [3.05, 3.63) is 70.2 Å². The lowest BCUT2D eigenvalue weighted by molar-refractivity contribution is -0.121. The Morgan fingerprint density at radius 2 is 1.71 bits per heavy atom. The fourth-order valence-corrected chi connectivity index (χ4v) is 2.54. The van der Waals surface area contributed by atoms with Gasteiger partial charge in [0.25, 0.3) is 0 Å². The van der Waals surface area contributed by atoms with Gasteiger partial charge >= 0.3 is 0 Å². The summed E-state index contributed by atoms with van der Waals surface area (Å²) in [5.74, 6) is 0.114. The first kappa shape index (κ1) is 15.8. The first-order chi connectivity index (χ1) is 10.1. The molecule has 0 spiro atoms. The van der Waals surface area contributed by atoms with Crippen molar-refractivity contribution < 1.29 is 4.79 Å². The Hall–Kier alpha value is -1.61. The minimum atomic E-state index is 0.114. The lowest BCUT2D eigenvalue weighted by atomic mass is 10.1. The van der Waals surface area contributed by atoms with Crippen molar-refractivity contribution in [2.75, 3.05) is 0 Å². The fraction of sp³-hybridized carbons (Fsp3) is 0.278. The van der Waals surface area contributed by atoms with E-state index in [1.807, 2.05) is 37.3 Å². The second-order valence-corrected chi connectivity index (χ2v) is 6.20. The molecule has 0 fully saturated rings. The van der Waals surface area contributed by atoms with Gasteiger partial charge in [-0.2, -0.15) is 0 Å². The number of aryl methyl sites for hydroxylation is 1. The van der Waals surface area contributed by atoms with Crippen LogP contribution in [0, 0.1) is 0 Å². The van der Waals surface area contributed by atoms with E-state index in [4.69, 9.17) is 0 Å². The summed E-state index contributed by atoms with van der Waals surface area (Å²) < 4.78 is 1.07. The number of rotatable bonds is 6. The van der Waals surface area contributed by atoms with Gasteiger partial charge in [0.15, 0.2) is 0 Å². The number of carbonyl (C=O) groups is 1. The molecule has 2 rings (SSSR count).